The highest BCUT2D eigenvalue weighted by molar-refractivity contribution is 7.14. The number of esters is 1. The van der Waals surface area contributed by atoms with Crippen molar-refractivity contribution < 1.29 is 36.8 Å². The fraction of sp³-hybridized carbons (Fsp3) is 0.581. The number of nitrogens with zero attached hydrogens (tertiary/aromatic N) is 3. The minimum atomic E-state index is -3.82. The first-order valence-electron chi connectivity index (χ1n) is 15.0. The quantitative estimate of drug-likeness (QED) is 0.185. The zero-order valence-electron chi connectivity index (χ0n) is 24.2. The lowest BCUT2D eigenvalue weighted by Gasteiger charge is -2.33. The third-order valence-electron chi connectivity index (χ3n) is 8.75. The van der Waals surface area contributed by atoms with Crippen LogP contribution in [0.2, 0.25) is 0 Å². The van der Waals surface area contributed by atoms with E-state index in [9.17, 15) is 32.0 Å². The van der Waals surface area contributed by atoms with Crippen LogP contribution in [0.5, 0.6) is 0 Å². The molecule has 2 aromatic rings. The van der Waals surface area contributed by atoms with Crippen molar-refractivity contribution in [1.82, 2.24) is 14.9 Å². The molecule has 3 aliphatic rings. The van der Waals surface area contributed by atoms with E-state index in [-0.39, 0.29) is 35.9 Å². The Kier molecular flexibility index (Phi) is 9.75. The Hall–Kier alpha value is -2.99. The molecule has 2 fully saturated rings. The van der Waals surface area contributed by atoms with Crippen molar-refractivity contribution >= 4 is 29.1 Å². The first kappa shape index (κ1) is 31.4. The van der Waals surface area contributed by atoms with Gasteiger partial charge in [-0.3, -0.25) is 9.59 Å². The lowest BCUT2D eigenvalue weighted by Crippen LogP contribution is -2.45. The van der Waals surface area contributed by atoms with Gasteiger partial charge in [-0.25, -0.2) is 9.18 Å². The number of amides is 2. The Morgan fingerprint density at radius 2 is 1.84 bits per heavy atom. The van der Waals surface area contributed by atoms with Gasteiger partial charge in [0.15, 0.2) is 0 Å². The summed E-state index contributed by atoms with van der Waals surface area (Å²) in [6.07, 6.45) is 2.99. The predicted molar refractivity (Wildman–Crippen MR) is 153 cm³/mol. The van der Waals surface area contributed by atoms with Crippen LogP contribution in [0.3, 0.4) is 0 Å². The lowest BCUT2D eigenvalue weighted by molar-refractivity contribution is -0.178. The molecule has 2 aliphatic heterocycles. The van der Waals surface area contributed by atoms with E-state index >= 15 is 0 Å². The van der Waals surface area contributed by atoms with Gasteiger partial charge in [-0.1, -0.05) is 16.6 Å². The topological polar surface area (TPSA) is 70.2 Å². The predicted octanol–water partition coefficient (Wildman–Crippen LogP) is 5.59. The number of carbonyl (C=O) groups is 3. The van der Waals surface area contributed by atoms with Crippen molar-refractivity contribution in [3.05, 3.63) is 57.0 Å². The maximum absolute atomic E-state index is 14.8. The molecule has 234 valence electrons. The smallest absolute Gasteiger partial charge is 0.348 e. The molecule has 0 bridgehead atoms. The number of thiophene rings is 1. The van der Waals surface area contributed by atoms with E-state index in [1.165, 1.54) is 35.6 Å². The monoisotopic (exact) mass is 623 g/mol. The van der Waals surface area contributed by atoms with Crippen molar-refractivity contribution in [2.75, 3.05) is 39.3 Å². The molecule has 7 nitrogen and oxygen atoms in total. The Bertz CT molecular complexity index is 1310. The number of fused-ring (bicyclic) bond motifs is 1. The zero-order valence-corrected chi connectivity index (χ0v) is 25.0. The molecular weight excluding hydrogens is 586 g/mol. The zero-order chi connectivity index (χ0) is 30.7. The molecule has 1 aromatic heterocycles. The molecule has 0 N–H and O–H groups in total. The molecule has 2 unspecified atom stereocenters. The van der Waals surface area contributed by atoms with Crippen molar-refractivity contribution in [1.29, 1.82) is 0 Å². The average Bonchev–Trinajstić information content (AvgIpc) is 3.70. The number of benzene rings is 1. The van der Waals surface area contributed by atoms with Gasteiger partial charge in [0.1, 0.15) is 10.7 Å². The summed E-state index contributed by atoms with van der Waals surface area (Å²) in [5, 5.41) is -0.313. The molecule has 1 aliphatic carbocycles. The van der Waals surface area contributed by atoms with E-state index in [4.69, 9.17) is 4.74 Å². The summed E-state index contributed by atoms with van der Waals surface area (Å²) >= 11 is 1.43. The molecule has 2 atom stereocenters. The molecule has 1 saturated carbocycles. The summed E-state index contributed by atoms with van der Waals surface area (Å²) in [4.78, 5) is 42.9. The van der Waals surface area contributed by atoms with Crippen molar-refractivity contribution in [2.24, 2.45) is 11.8 Å². The molecule has 1 saturated heterocycles. The summed E-state index contributed by atoms with van der Waals surface area (Å²) in [7, 11) is 0. The van der Waals surface area contributed by atoms with E-state index in [1.807, 2.05) is 11.0 Å². The van der Waals surface area contributed by atoms with Crippen LogP contribution in [0.4, 0.5) is 17.7 Å². The maximum atomic E-state index is 14.8. The molecule has 0 spiro atoms. The van der Waals surface area contributed by atoms with Gasteiger partial charge < -0.3 is 14.5 Å². The van der Waals surface area contributed by atoms with Crippen LogP contribution in [0, 0.1) is 17.7 Å². The number of halogens is 4. The Labute approximate surface area is 252 Å². The standard InChI is InChI=1S/C31H37F4N3O4S/c1-2-42-29(40)27-16-22-19-37(15-11-26(22)43-27)28(39)4-3-12-36-13-9-20(10-14-36)18-38(35)30(41)31(33,34)25-17-24(25)21-5-7-23(32)8-6-21/h5-8,16,20,24-25H,2-4,9-15,17-19H2,1H3. The minimum absolute atomic E-state index is 0.0578. The second kappa shape index (κ2) is 13.3. The SMILES string of the molecule is CCOC(=O)c1cc2c(s1)CCN(C(=O)CCCN1CCC(CN(F)C(=O)C(F)(F)C3CC3c3ccc(F)cc3)CC1)C2. The van der Waals surface area contributed by atoms with Gasteiger partial charge in [-0.05, 0) is 99.8 Å². The normalized spacial score (nSPS) is 20.9. The van der Waals surface area contributed by atoms with Gasteiger partial charge in [0.2, 0.25) is 5.91 Å². The van der Waals surface area contributed by atoms with E-state index < -0.39 is 29.5 Å². The number of likely N-dealkylation sites (tertiary alicyclic amines) is 1. The number of rotatable bonds is 11. The second-order valence-corrected chi connectivity index (χ2v) is 12.8. The average molecular weight is 624 g/mol. The molecule has 5 rings (SSSR count). The fourth-order valence-corrected chi connectivity index (χ4v) is 7.21. The largest absolute Gasteiger partial charge is 0.462 e. The Morgan fingerprint density at radius 3 is 2.53 bits per heavy atom. The number of alkyl halides is 2. The third kappa shape index (κ3) is 7.39. The van der Waals surface area contributed by atoms with Crippen LogP contribution < -0.4 is 0 Å². The fourth-order valence-electron chi connectivity index (χ4n) is 6.16. The van der Waals surface area contributed by atoms with Gasteiger partial charge in [-0.15, -0.1) is 11.3 Å². The third-order valence-corrected chi connectivity index (χ3v) is 9.96. The summed E-state index contributed by atoms with van der Waals surface area (Å²) < 4.78 is 62.5. The summed E-state index contributed by atoms with van der Waals surface area (Å²) in [6, 6.07) is 7.05. The van der Waals surface area contributed by atoms with E-state index in [0.717, 1.165) is 10.4 Å². The van der Waals surface area contributed by atoms with E-state index in [1.54, 1.807) is 6.92 Å². The maximum Gasteiger partial charge on any atom is 0.348 e. The molecule has 3 heterocycles. The molecule has 0 radical (unpaired) electrons. The van der Waals surface area contributed by atoms with Gasteiger partial charge in [0, 0.05) is 30.3 Å². The molecule has 43 heavy (non-hydrogen) atoms. The van der Waals surface area contributed by atoms with Gasteiger partial charge >= 0.3 is 17.8 Å². The highest BCUT2D eigenvalue weighted by Gasteiger charge is 2.61. The number of hydrogen-bond donors (Lipinski definition) is 0. The first-order chi connectivity index (χ1) is 20.6. The Balaban J connectivity index is 0.999. The summed E-state index contributed by atoms with van der Waals surface area (Å²) in [5.74, 6) is -8.45. The van der Waals surface area contributed by atoms with E-state index in [0.29, 0.717) is 81.9 Å². The van der Waals surface area contributed by atoms with E-state index in [2.05, 4.69) is 4.90 Å². The second-order valence-electron chi connectivity index (χ2n) is 11.7. The van der Waals surface area contributed by atoms with Crippen molar-refractivity contribution in [3.63, 3.8) is 0 Å². The summed E-state index contributed by atoms with van der Waals surface area (Å²) in [6.45, 7) is 4.81. The molecule has 1 aromatic carbocycles. The van der Waals surface area contributed by atoms with Crippen molar-refractivity contribution in [3.8, 4) is 0 Å². The van der Waals surface area contributed by atoms with Crippen LogP contribution in [-0.4, -0.2) is 78.0 Å². The lowest BCUT2D eigenvalue weighted by atomic mass is 9.96. The Morgan fingerprint density at radius 1 is 1.12 bits per heavy atom. The van der Waals surface area contributed by atoms with Crippen molar-refractivity contribution in [2.45, 2.75) is 63.8 Å². The molecular formula is C31H37F4N3O4S. The van der Waals surface area contributed by atoms with Crippen LogP contribution in [0.15, 0.2) is 30.3 Å². The summed E-state index contributed by atoms with van der Waals surface area (Å²) in [5.41, 5.74) is 1.52. The number of ether oxygens (including phenoxy) is 1. The van der Waals surface area contributed by atoms with Crippen LogP contribution in [0.25, 0.3) is 0 Å². The highest BCUT2D eigenvalue weighted by Crippen LogP contribution is 2.56. The van der Waals surface area contributed by atoms with Gasteiger partial charge in [-0.2, -0.15) is 13.9 Å². The van der Waals surface area contributed by atoms with Crippen LogP contribution >= 0.6 is 11.3 Å². The highest BCUT2D eigenvalue weighted by atomic mass is 32.1. The van der Waals surface area contributed by atoms with Crippen LogP contribution in [0.1, 0.15) is 70.6 Å². The molecule has 2 amide bonds. The minimum Gasteiger partial charge on any atom is -0.462 e. The molecule has 12 heteroatoms. The van der Waals surface area contributed by atoms with Gasteiger partial charge in [0.25, 0.3) is 0 Å². The number of hydrogen-bond acceptors (Lipinski definition) is 6. The first-order valence-corrected chi connectivity index (χ1v) is 15.8. The van der Waals surface area contributed by atoms with Gasteiger partial charge in [0.05, 0.1) is 13.2 Å². The van der Waals surface area contributed by atoms with Crippen LogP contribution in [-0.2, 0) is 27.3 Å². The number of piperidine rings is 1. The number of carbonyl (C=O) groups excluding carboxylic acids is 3.